The van der Waals surface area contributed by atoms with E-state index in [1.165, 1.54) is 23.5 Å². The van der Waals surface area contributed by atoms with Crippen LogP contribution in [0.15, 0.2) is 42.6 Å². The Morgan fingerprint density at radius 2 is 1.87 bits per heavy atom. The quantitative estimate of drug-likeness (QED) is 0.679. The van der Waals surface area contributed by atoms with E-state index in [9.17, 15) is 9.18 Å². The summed E-state index contributed by atoms with van der Waals surface area (Å²) < 4.78 is 13.1. The van der Waals surface area contributed by atoms with Gasteiger partial charge in [0.05, 0.1) is 5.69 Å². The van der Waals surface area contributed by atoms with Gasteiger partial charge in [-0.15, -0.1) is 11.3 Å². The van der Waals surface area contributed by atoms with Gasteiger partial charge in [-0.3, -0.25) is 4.79 Å². The van der Waals surface area contributed by atoms with E-state index >= 15 is 0 Å². The summed E-state index contributed by atoms with van der Waals surface area (Å²) in [6, 6.07) is 10.1. The second-order valence-corrected chi connectivity index (χ2v) is 8.44. The Balaban J connectivity index is 1.37. The molecule has 156 valence electrons. The van der Waals surface area contributed by atoms with Crippen LogP contribution >= 0.6 is 11.3 Å². The fraction of sp³-hybridized carbons (Fsp3) is 0.318. The van der Waals surface area contributed by atoms with Crippen molar-refractivity contribution in [1.29, 1.82) is 0 Å². The van der Waals surface area contributed by atoms with Crippen LogP contribution in [0.3, 0.4) is 0 Å². The first-order valence-electron chi connectivity index (χ1n) is 9.89. The third kappa shape index (κ3) is 4.66. The van der Waals surface area contributed by atoms with E-state index in [1.807, 2.05) is 25.3 Å². The van der Waals surface area contributed by atoms with Gasteiger partial charge >= 0.3 is 0 Å². The van der Waals surface area contributed by atoms with Gasteiger partial charge in [-0.25, -0.2) is 14.4 Å². The Hall–Kier alpha value is -2.84. The molecular weight excluding hydrogens is 401 g/mol. The second kappa shape index (κ2) is 8.89. The van der Waals surface area contributed by atoms with Crippen LogP contribution in [0, 0.1) is 12.7 Å². The lowest BCUT2D eigenvalue weighted by Crippen LogP contribution is -2.44. The maximum atomic E-state index is 13.1. The molecule has 0 radical (unpaired) electrons. The molecule has 1 saturated heterocycles. The lowest BCUT2D eigenvalue weighted by Gasteiger charge is -2.33. The Morgan fingerprint density at radius 1 is 1.13 bits per heavy atom. The van der Waals surface area contributed by atoms with Crippen molar-refractivity contribution in [2.24, 2.45) is 0 Å². The molecule has 0 atom stereocenters. The normalized spacial score (nSPS) is 14.7. The molecule has 6 nitrogen and oxygen atoms in total. The molecular formula is C22H24FN5OS. The number of anilines is 1. The zero-order chi connectivity index (χ0) is 21.1. The number of nitrogens with zero attached hydrogens (tertiary/aromatic N) is 4. The molecule has 0 saturated carbocycles. The van der Waals surface area contributed by atoms with Crippen LogP contribution in [-0.2, 0) is 6.54 Å². The van der Waals surface area contributed by atoms with E-state index in [1.54, 1.807) is 12.1 Å². The summed E-state index contributed by atoms with van der Waals surface area (Å²) in [6.45, 7) is 6.23. The van der Waals surface area contributed by atoms with Crippen LogP contribution in [0.4, 0.5) is 10.2 Å². The zero-order valence-corrected chi connectivity index (χ0v) is 17.9. The molecule has 4 rings (SSSR count). The zero-order valence-electron chi connectivity index (χ0n) is 17.1. The molecule has 8 heteroatoms. The lowest BCUT2D eigenvalue weighted by atomic mass is 10.2. The standard InChI is InChI=1S/C22H24FN5OS/c1-15-20(30-22(26-15)17-4-6-18(23)7-5-17)21(29)25-14-16-3-8-19(24-13-16)28-11-9-27(2)10-12-28/h3-8,13H,9-12,14H2,1-2H3,(H,25,29). The summed E-state index contributed by atoms with van der Waals surface area (Å²) in [5.74, 6) is 0.513. The second-order valence-electron chi connectivity index (χ2n) is 7.44. The lowest BCUT2D eigenvalue weighted by molar-refractivity contribution is 0.0954. The minimum absolute atomic E-state index is 0.165. The molecule has 0 aliphatic carbocycles. The highest BCUT2D eigenvalue weighted by Crippen LogP contribution is 2.28. The molecule has 1 fully saturated rings. The topological polar surface area (TPSA) is 61.4 Å². The van der Waals surface area contributed by atoms with E-state index in [0.29, 0.717) is 22.1 Å². The maximum Gasteiger partial charge on any atom is 0.263 e. The Bertz CT molecular complexity index is 1010. The van der Waals surface area contributed by atoms with Crippen molar-refractivity contribution in [2.75, 3.05) is 38.1 Å². The highest BCUT2D eigenvalue weighted by molar-refractivity contribution is 7.17. The van der Waals surface area contributed by atoms with Crippen molar-refractivity contribution >= 4 is 23.1 Å². The molecule has 3 heterocycles. The molecule has 1 N–H and O–H groups in total. The van der Waals surface area contributed by atoms with Gasteiger partial charge in [-0.2, -0.15) is 0 Å². The Morgan fingerprint density at radius 3 is 2.53 bits per heavy atom. The predicted molar refractivity (Wildman–Crippen MR) is 117 cm³/mol. The molecule has 1 amide bonds. The Kier molecular flexibility index (Phi) is 6.06. The number of amides is 1. The van der Waals surface area contributed by atoms with Crippen molar-refractivity contribution < 1.29 is 9.18 Å². The van der Waals surface area contributed by atoms with Crippen LogP contribution in [0.25, 0.3) is 10.6 Å². The largest absolute Gasteiger partial charge is 0.354 e. The van der Waals surface area contributed by atoms with E-state index < -0.39 is 0 Å². The van der Waals surface area contributed by atoms with Gasteiger partial charge in [0.15, 0.2) is 0 Å². The van der Waals surface area contributed by atoms with E-state index in [0.717, 1.165) is 43.1 Å². The third-order valence-corrected chi connectivity index (χ3v) is 6.39. The molecule has 0 unspecified atom stereocenters. The van der Waals surface area contributed by atoms with Crippen molar-refractivity contribution in [2.45, 2.75) is 13.5 Å². The summed E-state index contributed by atoms with van der Waals surface area (Å²) in [5, 5.41) is 3.65. The van der Waals surface area contributed by atoms with Gasteiger partial charge in [0.1, 0.15) is 21.5 Å². The molecule has 1 aliphatic rings. The van der Waals surface area contributed by atoms with Crippen molar-refractivity contribution in [3.63, 3.8) is 0 Å². The number of piperazine rings is 1. The number of aromatic nitrogens is 2. The average Bonchev–Trinajstić information content (AvgIpc) is 3.15. The number of hydrogen-bond donors (Lipinski definition) is 1. The van der Waals surface area contributed by atoms with Crippen molar-refractivity contribution in [3.8, 4) is 10.6 Å². The molecule has 0 spiro atoms. The van der Waals surface area contributed by atoms with Crippen LogP contribution in [0.2, 0.25) is 0 Å². The number of nitrogens with one attached hydrogen (secondary N) is 1. The highest BCUT2D eigenvalue weighted by Gasteiger charge is 2.17. The van der Waals surface area contributed by atoms with Gasteiger partial charge in [0.25, 0.3) is 5.91 Å². The summed E-state index contributed by atoms with van der Waals surface area (Å²) in [4.78, 5) is 26.8. The fourth-order valence-electron chi connectivity index (χ4n) is 3.33. The van der Waals surface area contributed by atoms with Gasteiger partial charge < -0.3 is 15.1 Å². The molecule has 2 aromatic heterocycles. The number of hydrogen-bond acceptors (Lipinski definition) is 6. The molecule has 0 bridgehead atoms. The maximum absolute atomic E-state index is 13.1. The van der Waals surface area contributed by atoms with Crippen molar-refractivity contribution in [1.82, 2.24) is 20.2 Å². The number of carbonyl (C=O) groups excluding carboxylic acids is 1. The highest BCUT2D eigenvalue weighted by atomic mass is 32.1. The number of likely N-dealkylation sites (N-methyl/N-ethyl adjacent to an activating group) is 1. The molecule has 1 aromatic carbocycles. The number of pyridine rings is 1. The van der Waals surface area contributed by atoms with Gasteiger partial charge in [-0.1, -0.05) is 6.07 Å². The van der Waals surface area contributed by atoms with E-state index in [-0.39, 0.29) is 11.7 Å². The van der Waals surface area contributed by atoms with Crippen LogP contribution in [-0.4, -0.2) is 54.0 Å². The fourth-order valence-corrected chi connectivity index (χ4v) is 4.32. The summed E-state index contributed by atoms with van der Waals surface area (Å²) in [6.07, 6.45) is 1.82. The minimum Gasteiger partial charge on any atom is -0.354 e. The summed E-state index contributed by atoms with van der Waals surface area (Å²) in [5.41, 5.74) is 2.41. The van der Waals surface area contributed by atoms with Crippen LogP contribution in [0.1, 0.15) is 20.9 Å². The van der Waals surface area contributed by atoms with Gasteiger partial charge in [0, 0.05) is 44.5 Å². The summed E-state index contributed by atoms with van der Waals surface area (Å²) in [7, 11) is 2.13. The number of thiazole rings is 1. The number of aryl methyl sites for hydroxylation is 1. The van der Waals surface area contributed by atoms with Gasteiger partial charge in [0.2, 0.25) is 0 Å². The minimum atomic E-state index is -0.294. The smallest absolute Gasteiger partial charge is 0.263 e. The number of benzene rings is 1. The molecule has 30 heavy (non-hydrogen) atoms. The van der Waals surface area contributed by atoms with E-state index in [2.05, 4.69) is 32.1 Å². The molecule has 3 aromatic rings. The first-order valence-corrected chi connectivity index (χ1v) is 10.7. The van der Waals surface area contributed by atoms with Gasteiger partial charge in [-0.05, 0) is 49.9 Å². The monoisotopic (exact) mass is 425 g/mol. The average molecular weight is 426 g/mol. The SMILES string of the molecule is Cc1nc(-c2ccc(F)cc2)sc1C(=O)NCc1ccc(N2CCN(C)CC2)nc1. The third-order valence-electron chi connectivity index (χ3n) is 5.18. The van der Waals surface area contributed by atoms with Crippen molar-refractivity contribution in [3.05, 3.63) is 64.5 Å². The predicted octanol–water partition coefficient (Wildman–Crippen LogP) is 3.33. The first-order chi connectivity index (χ1) is 14.5. The van der Waals surface area contributed by atoms with Crippen LogP contribution in [0.5, 0.6) is 0 Å². The number of rotatable bonds is 5. The van der Waals surface area contributed by atoms with Crippen LogP contribution < -0.4 is 10.2 Å². The summed E-state index contributed by atoms with van der Waals surface area (Å²) >= 11 is 1.31. The molecule has 1 aliphatic heterocycles. The Labute approximate surface area is 179 Å². The number of carbonyl (C=O) groups is 1. The number of halogens is 1. The first kappa shape index (κ1) is 20.4. The van der Waals surface area contributed by atoms with E-state index in [4.69, 9.17) is 0 Å².